The van der Waals surface area contributed by atoms with Gasteiger partial charge in [0.1, 0.15) is 24.0 Å². The van der Waals surface area contributed by atoms with Crippen molar-refractivity contribution in [2.45, 2.75) is 137 Å². The van der Waals surface area contributed by atoms with Gasteiger partial charge in [0.15, 0.2) is 0 Å². The lowest BCUT2D eigenvalue weighted by Crippen LogP contribution is -2.25. The Bertz CT molecular complexity index is 3530. The van der Waals surface area contributed by atoms with E-state index in [1.807, 2.05) is 6.20 Å². The van der Waals surface area contributed by atoms with E-state index in [4.69, 9.17) is 9.72 Å². The van der Waals surface area contributed by atoms with Gasteiger partial charge >= 0.3 is 0 Å². The van der Waals surface area contributed by atoms with Gasteiger partial charge in [-0.2, -0.15) is 0 Å². The Morgan fingerprint density at radius 1 is 0.446 bits per heavy atom. The summed E-state index contributed by atoms with van der Waals surface area (Å²) in [6.45, 7) is 35.1. The number of pyridine rings is 1. The van der Waals surface area contributed by atoms with Crippen LogP contribution in [0.15, 0.2) is 164 Å². The second kappa shape index (κ2) is 18.7. The van der Waals surface area contributed by atoms with Crippen LogP contribution < -0.4 is 14.5 Å². The summed E-state index contributed by atoms with van der Waals surface area (Å²) in [5.41, 5.74) is 18.1. The van der Waals surface area contributed by atoms with Gasteiger partial charge in [0.2, 0.25) is 0 Å². The molecule has 5 nitrogen and oxygen atoms in total. The van der Waals surface area contributed by atoms with E-state index in [1.54, 1.807) is 0 Å². The summed E-state index contributed by atoms with van der Waals surface area (Å²) in [4.78, 5) is 10.0. The van der Waals surface area contributed by atoms with Crippen molar-refractivity contribution in [2.24, 2.45) is 0 Å². The molecule has 10 rings (SSSR count). The number of rotatable bonds is 10. The Hall–Kier alpha value is -7.11. The minimum absolute atomic E-state index is 0.00231. The number of fused-ring (bicyclic) bond motifs is 4. The molecule has 0 bridgehead atoms. The molecule has 0 saturated carbocycles. The average Bonchev–Trinajstić information content (AvgIpc) is 3.91. The van der Waals surface area contributed by atoms with E-state index in [1.165, 1.54) is 72.5 Å². The number of hydrogen-bond acceptors (Lipinski definition) is 4. The van der Waals surface area contributed by atoms with Crippen LogP contribution in [0.5, 0.6) is 11.5 Å². The van der Waals surface area contributed by atoms with E-state index in [9.17, 15) is 0 Å². The molecule has 0 atom stereocenters. The summed E-state index contributed by atoms with van der Waals surface area (Å²) >= 11 is 0. The van der Waals surface area contributed by atoms with Crippen molar-refractivity contribution in [1.29, 1.82) is 0 Å². The van der Waals surface area contributed by atoms with Crippen LogP contribution in [-0.4, -0.2) is 16.2 Å². The first kappa shape index (κ1) is 50.4. The molecule has 0 radical (unpaired) electrons. The molecule has 5 heteroatoms. The zero-order valence-electron chi connectivity index (χ0n) is 46.6. The molecule has 1 aliphatic heterocycles. The zero-order valence-corrected chi connectivity index (χ0v) is 46.6. The molecular formula is C69H76N4O. The molecule has 0 saturated heterocycles. The van der Waals surface area contributed by atoms with Crippen LogP contribution >= 0.6 is 0 Å². The van der Waals surface area contributed by atoms with Crippen LogP contribution in [0, 0.1) is 0 Å². The van der Waals surface area contributed by atoms with Gasteiger partial charge in [0, 0.05) is 45.9 Å². The minimum atomic E-state index is -0.199. The molecular weight excluding hydrogens is 901 g/mol. The third-order valence-electron chi connectivity index (χ3n) is 15.6. The summed E-state index contributed by atoms with van der Waals surface area (Å²) < 4.78 is 9.47. The topological polar surface area (TPSA) is 33.5 Å². The molecule has 0 unspecified atom stereocenters. The van der Waals surface area contributed by atoms with Crippen LogP contribution in [0.2, 0.25) is 0 Å². The molecule has 2 aromatic heterocycles. The molecule has 0 N–H and O–H groups in total. The van der Waals surface area contributed by atoms with Gasteiger partial charge in [0.25, 0.3) is 0 Å². The van der Waals surface area contributed by atoms with Crippen LogP contribution in [0.1, 0.15) is 155 Å². The zero-order chi connectivity index (χ0) is 52.6. The molecule has 1 aliphatic rings. The number of ether oxygens (including phenoxy) is 1. The lowest BCUT2D eigenvalue weighted by molar-refractivity contribution is 0.479. The Balaban J connectivity index is 1.11. The third-order valence-corrected chi connectivity index (χ3v) is 15.6. The first-order chi connectivity index (χ1) is 35.0. The van der Waals surface area contributed by atoms with E-state index in [0.717, 1.165) is 39.4 Å². The quantitative estimate of drug-likeness (QED) is 0.137. The maximum absolute atomic E-state index is 7.15. The van der Waals surface area contributed by atoms with Crippen molar-refractivity contribution in [1.82, 2.24) is 9.55 Å². The molecule has 3 heterocycles. The molecule has 7 aromatic carbocycles. The van der Waals surface area contributed by atoms with E-state index in [0.29, 0.717) is 18.5 Å². The second-order valence-corrected chi connectivity index (χ2v) is 25.1. The Labute approximate surface area is 441 Å². The molecule has 0 fully saturated rings. The van der Waals surface area contributed by atoms with Crippen molar-refractivity contribution >= 4 is 44.6 Å². The summed E-state index contributed by atoms with van der Waals surface area (Å²) in [6, 6.07) is 58.8. The SMILES string of the molecule is CC(C)c1cccc(C(C)C)c1-c1ccc2c(c1)N(c1cccc(C(C)(C)C)c1)CN2c1cc(Oc2ccc3c4cc(C(C)(C)c5ccccc5)ccc4n(-c4cc(C(C)(C)C)ccn4)c3c2)cc(C(C)(C)C)c1. The lowest BCUT2D eigenvalue weighted by Gasteiger charge is -2.27. The van der Waals surface area contributed by atoms with Crippen molar-refractivity contribution in [3.63, 3.8) is 0 Å². The maximum Gasteiger partial charge on any atom is 0.137 e. The number of benzene rings is 7. The standard InChI is InChI=1S/C69H76N4O/c1-44(2)56-25-20-26-57(45(3)4)65(56)46-27-31-61-63(35-46)71(52-24-19-23-48(36-52)66(5,6)7)43-72(61)53-37-51(68(11,12)13)38-55(41-53)74-54-29-30-58-59-39-50(69(14,15)47-21-17-16-18-22-47)28-32-60(59)73(62(58)42-54)64-40-49(33-34-70-64)67(8,9)10/h16-42,44-45H,43H2,1-15H3. The van der Waals surface area contributed by atoms with Gasteiger partial charge in [-0.05, 0) is 151 Å². The molecule has 9 aromatic rings. The second-order valence-electron chi connectivity index (χ2n) is 25.1. The smallest absolute Gasteiger partial charge is 0.137 e. The van der Waals surface area contributed by atoms with E-state index >= 15 is 0 Å². The Kier molecular flexibility index (Phi) is 12.7. The molecule has 378 valence electrons. The molecule has 0 amide bonds. The molecule has 74 heavy (non-hydrogen) atoms. The van der Waals surface area contributed by atoms with E-state index in [-0.39, 0.29) is 21.7 Å². The van der Waals surface area contributed by atoms with Gasteiger partial charge in [-0.1, -0.05) is 177 Å². The minimum Gasteiger partial charge on any atom is -0.457 e. The third kappa shape index (κ3) is 9.40. The largest absolute Gasteiger partial charge is 0.457 e. The summed E-state index contributed by atoms with van der Waals surface area (Å²) in [7, 11) is 0. The van der Waals surface area contributed by atoms with Crippen molar-refractivity contribution in [3.8, 4) is 28.4 Å². The van der Waals surface area contributed by atoms with Crippen molar-refractivity contribution in [2.75, 3.05) is 16.5 Å². The summed E-state index contributed by atoms with van der Waals surface area (Å²) in [5.74, 6) is 3.23. The number of hydrogen-bond donors (Lipinski definition) is 0. The summed E-state index contributed by atoms with van der Waals surface area (Å²) in [5, 5.41) is 2.35. The van der Waals surface area contributed by atoms with Crippen LogP contribution in [0.4, 0.5) is 22.7 Å². The highest BCUT2D eigenvalue weighted by molar-refractivity contribution is 6.10. The fourth-order valence-corrected chi connectivity index (χ4v) is 11.0. The number of anilines is 4. The van der Waals surface area contributed by atoms with Crippen molar-refractivity contribution < 1.29 is 4.74 Å². The predicted molar refractivity (Wildman–Crippen MR) is 315 cm³/mol. The maximum atomic E-state index is 7.15. The van der Waals surface area contributed by atoms with Crippen LogP contribution in [0.25, 0.3) is 38.8 Å². The number of nitrogens with zero attached hydrogens (tertiary/aromatic N) is 4. The first-order valence-corrected chi connectivity index (χ1v) is 26.8. The van der Waals surface area contributed by atoms with Gasteiger partial charge in [-0.3, -0.25) is 4.57 Å². The number of aromatic nitrogens is 2. The van der Waals surface area contributed by atoms with Gasteiger partial charge < -0.3 is 14.5 Å². The monoisotopic (exact) mass is 977 g/mol. The fraction of sp³-hybridized carbons (Fsp3) is 0.319. The Morgan fingerprint density at radius 2 is 1.08 bits per heavy atom. The first-order valence-electron chi connectivity index (χ1n) is 26.8. The molecule has 0 spiro atoms. The van der Waals surface area contributed by atoms with E-state index < -0.39 is 0 Å². The van der Waals surface area contributed by atoms with Gasteiger partial charge in [-0.25, -0.2) is 4.98 Å². The fourth-order valence-electron chi connectivity index (χ4n) is 11.0. The highest BCUT2D eigenvalue weighted by Crippen LogP contribution is 2.50. The normalized spacial score (nSPS) is 13.5. The van der Waals surface area contributed by atoms with Crippen LogP contribution in [0.3, 0.4) is 0 Å². The highest BCUT2D eigenvalue weighted by Gasteiger charge is 2.32. The summed E-state index contributed by atoms with van der Waals surface area (Å²) in [6.07, 6.45) is 1.95. The van der Waals surface area contributed by atoms with Crippen LogP contribution in [-0.2, 0) is 21.7 Å². The Morgan fingerprint density at radius 3 is 1.76 bits per heavy atom. The van der Waals surface area contributed by atoms with E-state index in [2.05, 4.69) is 276 Å². The lowest BCUT2D eigenvalue weighted by atomic mass is 9.78. The highest BCUT2D eigenvalue weighted by atomic mass is 16.5. The van der Waals surface area contributed by atoms with Gasteiger partial charge in [0.05, 0.1) is 22.4 Å². The average molecular weight is 977 g/mol. The van der Waals surface area contributed by atoms with Gasteiger partial charge in [-0.15, -0.1) is 0 Å². The van der Waals surface area contributed by atoms with Crippen molar-refractivity contribution in [3.05, 3.63) is 203 Å². The molecule has 0 aliphatic carbocycles. The predicted octanol–water partition coefficient (Wildman–Crippen LogP) is 19.4.